The molecular weight excluding hydrogens is 553 g/mol. The molecule has 1 aliphatic carbocycles. The Labute approximate surface area is 253 Å². The number of rotatable bonds is 4. The first-order valence-corrected chi connectivity index (χ1v) is 17.1. The Kier molecular flexibility index (Phi) is 10.3. The zero-order valence-electron chi connectivity index (χ0n) is 24.3. The van der Waals surface area contributed by atoms with Crippen LogP contribution in [0.15, 0.2) is 88.9 Å². The molecule has 2 atom stereocenters. The molecule has 0 radical (unpaired) electrons. The van der Waals surface area contributed by atoms with Crippen LogP contribution in [0.1, 0.15) is 84.8 Å². The quantitative estimate of drug-likeness (QED) is 0.329. The molecule has 6 heteroatoms. The monoisotopic (exact) mass is 594 g/mol. The summed E-state index contributed by atoms with van der Waals surface area (Å²) in [6.07, 6.45) is 9.93. The third-order valence-electron chi connectivity index (χ3n) is 6.73. The molecule has 2 aromatic rings. The van der Waals surface area contributed by atoms with Gasteiger partial charge in [0.1, 0.15) is 0 Å². The van der Waals surface area contributed by atoms with Gasteiger partial charge in [-0.15, -0.1) is 23.5 Å². The second kappa shape index (κ2) is 13.1. The van der Waals surface area contributed by atoms with Crippen molar-refractivity contribution in [3.63, 3.8) is 0 Å². The summed E-state index contributed by atoms with van der Waals surface area (Å²) in [6, 6.07) is 13.7. The minimum absolute atomic E-state index is 0.0253. The highest BCUT2D eigenvalue weighted by molar-refractivity contribution is 8.03. The van der Waals surface area contributed by atoms with E-state index >= 15 is 0 Å². The summed E-state index contributed by atoms with van der Waals surface area (Å²) in [5.74, 6) is 0. The number of hydrogen-bond donors (Lipinski definition) is 0. The molecule has 1 fully saturated rings. The number of nitrogens with zero attached hydrogens (tertiary/aromatic N) is 2. The zero-order valence-corrected chi connectivity index (χ0v) is 27.5. The second-order valence-electron chi connectivity index (χ2n) is 11.8. The minimum atomic E-state index is 0.0253. The molecule has 208 valence electrons. The van der Waals surface area contributed by atoms with Gasteiger partial charge in [-0.1, -0.05) is 89.4 Å². The van der Waals surface area contributed by atoms with Crippen molar-refractivity contribution in [2.24, 2.45) is 9.98 Å². The Morgan fingerprint density at radius 1 is 0.744 bits per heavy atom. The molecule has 1 aliphatic heterocycles. The van der Waals surface area contributed by atoms with Gasteiger partial charge in [-0.2, -0.15) is 0 Å². The molecule has 2 unspecified atom stereocenters. The SMILES string of the molecule is C=C(C)Sc1cccc2c1C=NC1CCCCC1N=Cc1c(SC(=C)C)cccc1SC(C)(C)CC(C)(C)S2. The van der Waals surface area contributed by atoms with Crippen molar-refractivity contribution in [3.8, 4) is 0 Å². The van der Waals surface area contributed by atoms with Gasteiger partial charge >= 0.3 is 0 Å². The Hall–Kier alpha value is -1.34. The fraction of sp³-hybridized carbons (Fsp3) is 0.455. The molecule has 0 spiro atoms. The van der Waals surface area contributed by atoms with E-state index in [1.807, 2.05) is 23.5 Å². The van der Waals surface area contributed by atoms with Gasteiger partial charge in [-0.25, -0.2) is 0 Å². The lowest BCUT2D eigenvalue weighted by atomic mass is 9.91. The van der Waals surface area contributed by atoms with Gasteiger partial charge in [0, 0.05) is 52.6 Å². The normalized spacial score (nSPS) is 22.5. The van der Waals surface area contributed by atoms with Crippen LogP contribution in [0.3, 0.4) is 0 Å². The van der Waals surface area contributed by atoms with E-state index in [-0.39, 0.29) is 21.6 Å². The number of hydrogen-bond acceptors (Lipinski definition) is 6. The maximum Gasteiger partial charge on any atom is 0.0723 e. The molecule has 2 aromatic carbocycles. The Bertz CT molecular complexity index is 1180. The highest BCUT2D eigenvalue weighted by Crippen LogP contribution is 2.48. The van der Waals surface area contributed by atoms with E-state index in [9.17, 15) is 0 Å². The lowest BCUT2D eigenvalue weighted by molar-refractivity contribution is 0.390. The largest absolute Gasteiger partial charge is 0.287 e. The molecule has 1 heterocycles. The molecule has 4 rings (SSSR count). The first-order chi connectivity index (χ1) is 18.4. The average molecular weight is 595 g/mol. The van der Waals surface area contributed by atoms with Crippen molar-refractivity contribution < 1.29 is 0 Å². The summed E-state index contributed by atoms with van der Waals surface area (Å²) in [5, 5.41) is 0. The molecule has 0 amide bonds. The van der Waals surface area contributed by atoms with Gasteiger partial charge in [0.15, 0.2) is 0 Å². The van der Waals surface area contributed by atoms with Gasteiger partial charge < -0.3 is 0 Å². The number of benzene rings is 2. The third-order valence-corrected chi connectivity index (χ3v) is 11.1. The smallest absolute Gasteiger partial charge is 0.0723 e. The van der Waals surface area contributed by atoms with Crippen LogP contribution in [0.4, 0.5) is 0 Å². The van der Waals surface area contributed by atoms with Gasteiger partial charge in [0.05, 0.1) is 12.1 Å². The zero-order chi connectivity index (χ0) is 28.2. The first-order valence-electron chi connectivity index (χ1n) is 13.8. The van der Waals surface area contributed by atoms with E-state index in [4.69, 9.17) is 9.98 Å². The standard InChI is InChI=1S/C33H42N2S4/c1-22(2)36-28-15-11-17-30-24(28)19-34-26-13-9-10-14-27(26)35-20-25-29(37-23(3)4)16-12-18-31(25)39-33(7,8)21-32(5,6)38-30/h11-12,15-20,26-27H,1,3,9-10,13-14,21H2,2,4-8H3. The third kappa shape index (κ3) is 8.58. The lowest BCUT2D eigenvalue weighted by Crippen LogP contribution is -2.28. The average Bonchev–Trinajstić information content (AvgIpc) is 2.81. The van der Waals surface area contributed by atoms with Crippen LogP contribution in [0.5, 0.6) is 0 Å². The van der Waals surface area contributed by atoms with E-state index in [0.717, 1.165) is 29.1 Å². The molecule has 2 aliphatic rings. The van der Waals surface area contributed by atoms with Gasteiger partial charge in [-0.05, 0) is 67.2 Å². The molecule has 39 heavy (non-hydrogen) atoms. The molecule has 0 N–H and O–H groups in total. The summed E-state index contributed by atoms with van der Waals surface area (Å²) in [4.78, 5) is 17.7. The Morgan fingerprint density at radius 2 is 1.15 bits per heavy atom. The first kappa shape index (κ1) is 30.6. The van der Waals surface area contributed by atoms with E-state index in [1.54, 1.807) is 23.5 Å². The molecule has 2 nitrogen and oxygen atoms in total. The predicted octanol–water partition coefficient (Wildman–Crippen LogP) is 10.9. The van der Waals surface area contributed by atoms with Crippen LogP contribution in [0.2, 0.25) is 0 Å². The predicted molar refractivity (Wildman–Crippen MR) is 180 cm³/mol. The number of fused-ring (bicyclic) bond motifs is 3. The molecular formula is C33H42N2S4. The number of allylic oxidation sites excluding steroid dienone is 2. The van der Waals surface area contributed by atoms with Crippen molar-refractivity contribution in [2.75, 3.05) is 0 Å². The fourth-order valence-corrected chi connectivity index (χ4v) is 10.2. The summed E-state index contributed by atoms with van der Waals surface area (Å²) >= 11 is 7.44. The van der Waals surface area contributed by atoms with Gasteiger partial charge in [0.2, 0.25) is 0 Å². The fourth-order valence-electron chi connectivity index (χ4n) is 5.51. The van der Waals surface area contributed by atoms with E-state index in [2.05, 4.69) is 104 Å². The molecule has 0 bridgehead atoms. The van der Waals surface area contributed by atoms with Gasteiger partial charge in [0.25, 0.3) is 0 Å². The second-order valence-corrected chi connectivity index (χ2v) is 18.0. The van der Waals surface area contributed by atoms with Crippen molar-refractivity contribution in [3.05, 3.63) is 70.5 Å². The van der Waals surface area contributed by atoms with Crippen molar-refractivity contribution in [1.82, 2.24) is 0 Å². The van der Waals surface area contributed by atoms with E-state index in [0.29, 0.717) is 0 Å². The summed E-state index contributed by atoms with van der Waals surface area (Å²) in [5.41, 5.74) is 2.45. The maximum absolute atomic E-state index is 5.25. The summed E-state index contributed by atoms with van der Waals surface area (Å²) in [6.45, 7) is 22.0. The van der Waals surface area contributed by atoms with Crippen LogP contribution >= 0.6 is 47.0 Å². The number of aliphatic imine (C=N–C) groups is 2. The van der Waals surface area contributed by atoms with Crippen LogP contribution in [0, 0.1) is 0 Å². The van der Waals surface area contributed by atoms with Crippen LogP contribution in [-0.2, 0) is 0 Å². The van der Waals surface area contributed by atoms with E-state index in [1.165, 1.54) is 43.6 Å². The highest BCUT2D eigenvalue weighted by atomic mass is 32.2. The Balaban J connectivity index is 1.85. The molecule has 1 saturated carbocycles. The van der Waals surface area contributed by atoms with Crippen molar-refractivity contribution in [2.45, 2.75) is 115 Å². The lowest BCUT2D eigenvalue weighted by Gasteiger charge is -2.35. The number of thioether (sulfide) groups is 4. The van der Waals surface area contributed by atoms with Crippen molar-refractivity contribution >= 4 is 59.5 Å². The van der Waals surface area contributed by atoms with Crippen molar-refractivity contribution in [1.29, 1.82) is 0 Å². The molecule has 0 saturated heterocycles. The molecule has 0 aromatic heterocycles. The summed E-state index contributed by atoms with van der Waals surface area (Å²) < 4.78 is 0.0505. The van der Waals surface area contributed by atoms with Gasteiger partial charge in [-0.3, -0.25) is 9.98 Å². The minimum Gasteiger partial charge on any atom is -0.287 e. The van der Waals surface area contributed by atoms with E-state index < -0.39 is 0 Å². The maximum atomic E-state index is 5.25. The topological polar surface area (TPSA) is 24.7 Å². The highest BCUT2D eigenvalue weighted by Gasteiger charge is 2.33. The van der Waals surface area contributed by atoms with Crippen LogP contribution in [0.25, 0.3) is 0 Å². The Morgan fingerprint density at radius 3 is 1.54 bits per heavy atom. The van der Waals surface area contributed by atoms with Crippen LogP contribution in [-0.4, -0.2) is 34.0 Å². The summed E-state index contributed by atoms with van der Waals surface area (Å²) in [7, 11) is 0. The van der Waals surface area contributed by atoms with Crippen LogP contribution < -0.4 is 0 Å².